The maximum absolute atomic E-state index is 14.7. The van der Waals surface area contributed by atoms with Crippen LogP contribution in [0.1, 0.15) is 11.1 Å². The third kappa shape index (κ3) is 8.07. The van der Waals surface area contributed by atoms with Gasteiger partial charge in [0.25, 0.3) is 0 Å². The summed E-state index contributed by atoms with van der Waals surface area (Å²) in [6, 6.07) is 0. The largest absolute Gasteiger partial charge is 0.203 e. The number of allylic oxidation sites excluding steroid dienone is 8. The van der Waals surface area contributed by atoms with Crippen molar-refractivity contribution in [1.82, 2.24) is 0 Å². The number of hydrogen-bond donors (Lipinski definition) is 0. The van der Waals surface area contributed by atoms with Crippen molar-refractivity contribution in [3.8, 4) is 0 Å². The average molecular weight is 869 g/mol. The van der Waals surface area contributed by atoms with Crippen molar-refractivity contribution in [1.29, 1.82) is 0 Å². The van der Waals surface area contributed by atoms with Gasteiger partial charge in [-0.05, 0) is 11.1 Å². The van der Waals surface area contributed by atoms with Gasteiger partial charge in [-0.25, -0.2) is 43.9 Å². The molecule has 0 saturated carbocycles. The van der Waals surface area contributed by atoms with Crippen LogP contribution >= 0.6 is 0 Å². The first kappa shape index (κ1) is 46.4. The van der Waals surface area contributed by atoms with Crippen molar-refractivity contribution in [3.05, 3.63) is 100 Å². The molecular weight excluding hydrogens is 815 g/mol. The van der Waals surface area contributed by atoms with Crippen LogP contribution in [0.2, 0.25) is 118 Å². The number of halogens is 10. The van der Waals surface area contributed by atoms with Gasteiger partial charge in [-0.15, -0.1) is 0 Å². The highest BCUT2D eigenvalue weighted by Crippen LogP contribution is 2.55. The Labute approximate surface area is 320 Å². The van der Waals surface area contributed by atoms with Gasteiger partial charge in [0, 0.05) is 0 Å². The molecule has 0 bridgehead atoms. The van der Waals surface area contributed by atoms with Crippen LogP contribution in [0, 0.1) is 58.2 Å². The topological polar surface area (TPSA) is 0 Å². The standard InChI is InChI=1S/2C19H27F5Si3/c2*1-25(2,3)17-11(18(26(4,5)6)19(17)27(7,8)9)10-12(20)14(22)16(24)15(23)13(10)21/h2*1-9H3. The Bertz CT molecular complexity index is 1850. The minimum atomic E-state index is -2.10. The van der Waals surface area contributed by atoms with Gasteiger partial charge < -0.3 is 0 Å². The van der Waals surface area contributed by atoms with Crippen LogP contribution in [0.5, 0.6) is 0 Å². The summed E-state index contributed by atoms with van der Waals surface area (Å²) in [7, 11) is -12.2. The molecule has 4 rings (SSSR count). The van der Waals surface area contributed by atoms with Gasteiger partial charge in [0.2, 0.25) is 11.6 Å². The lowest BCUT2D eigenvalue weighted by molar-refractivity contribution is 0.376. The fourth-order valence-electron chi connectivity index (χ4n) is 7.52. The lowest BCUT2D eigenvalue weighted by Crippen LogP contribution is -2.47. The first-order chi connectivity index (χ1) is 23.8. The van der Waals surface area contributed by atoms with Crippen LogP contribution in [0.15, 0.2) is 31.2 Å². The number of hydrogen-bond acceptors (Lipinski definition) is 0. The predicted molar refractivity (Wildman–Crippen MR) is 220 cm³/mol. The van der Waals surface area contributed by atoms with Crippen LogP contribution in [0.25, 0.3) is 11.1 Å². The van der Waals surface area contributed by atoms with Crippen molar-refractivity contribution >= 4 is 59.6 Å². The van der Waals surface area contributed by atoms with Gasteiger partial charge in [-0.2, -0.15) is 0 Å². The van der Waals surface area contributed by atoms with Crippen LogP contribution in [-0.2, 0) is 0 Å². The molecule has 2 aliphatic rings. The lowest BCUT2D eigenvalue weighted by Gasteiger charge is -2.47. The minimum Gasteiger partial charge on any atom is -0.203 e. The molecule has 2 aliphatic carbocycles. The first-order valence-corrected chi connectivity index (χ1v) is 38.9. The highest BCUT2D eigenvalue weighted by Gasteiger charge is 2.50. The van der Waals surface area contributed by atoms with E-state index in [4.69, 9.17) is 0 Å². The monoisotopic (exact) mass is 868 g/mol. The molecule has 2 aromatic rings. The lowest BCUT2D eigenvalue weighted by atomic mass is 9.96. The second-order valence-electron chi connectivity index (χ2n) is 20.4. The maximum Gasteiger partial charge on any atom is 0.200 e. The molecule has 54 heavy (non-hydrogen) atoms. The van der Waals surface area contributed by atoms with Gasteiger partial charge in [-0.3, -0.25) is 0 Å². The third-order valence-corrected chi connectivity index (χ3v) is 22.4. The van der Waals surface area contributed by atoms with Crippen molar-refractivity contribution < 1.29 is 43.9 Å². The molecule has 0 spiro atoms. The summed E-state index contributed by atoms with van der Waals surface area (Å²) in [4.78, 5) is 0. The van der Waals surface area contributed by atoms with E-state index in [9.17, 15) is 43.9 Å². The molecule has 0 N–H and O–H groups in total. The van der Waals surface area contributed by atoms with Crippen molar-refractivity contribution in [3.63, 3.8) is 0 Å². The van der Waals surface area contributed by atoms with Gasteiger partial charge >= 0.3 is 0 Å². The molecule has 0 saturated heterocycles. The van der Waals surface area contributed by atoms with E-state index in [-0.39, 0.29) is 0 Å². The van der Waals surface area contributed by atoms with E-state index >= 15 is 0 Å². The Morgan fingerprint density at radius 1 is 0.204 bits per heavy atom. The Hall–Kier alpha value is -2.00. The van der Waals surface area contributed by atoms with Gasteiger partial charge in [0.15, 0.2) is 46.5 Å². The van der Waals surface area contributed by atoms with Crippen LogP contribution in [0.3, 0.4) is 0 Å². The maximum atomic E-state index is 14.7. The summed E-state index contributed by atoms with van der Waals surface area (Å²) in [5, 5.41) is 5.87. The molecule has 0 aliphatic heterocycles. The fraction of sp³-hybridized carbons (Fsp3) is 0.474. The summed E-state index contributed by atoms with van der Waals surface area (Å²) in [6.07, 6.45) is 0. The summed E-state index contributed by atoms with van der Waals surface area (Å²) in [6.45, 7) is 37.6. The summed E-state index contributed by atoms with van der Waals surface area (Å²) in [5.74, 6) is -18.6. The number of benzene rings is 2. The highest BCUT2D eigenvalue weighted by atomic mass is 28.3. The SMILES string of the molecule is C[Si](C)(C)C1=C(c2c(F)c(F)c(F)c(F)c2F)C([Si](C)(C)C)=C1[Si](C)(C)C.C[Si](C)(C)C1=C(c2c(F)c(F)c(F)c(F)c2F)C([Si](C)(C)C)=C1[Si](C)(C)C. The van der Waals surface area contributed by atoms with E-state index in [0.717, 1.165) is 20.8 Å². The Balaban J connectivity index is 0.000000290. The second-order valence-corrected chi connectivity index (χ2v) is 50.4. The average Bonchev–Trinajstić information content (AvgIpc) is 2.91. The van der Waals surface area contributed by atoms with Crippen molar-refractivity contribution in [2.24, 2.45) is 0 Å². The minimum absolute atomic E-state index is 0.304. The van der Waals surface area contributed by atoms with Crippen LogP contribution in [0.4, 0.5) is 43.9 Å². The molecular formula is C38H54F10Si6. The quantitative estimate of drug-likeness (QED) is 0.107. The molecule has 0 heterocycles. The van der Waals surface area contributed by atoms with Crippen molar-refractivity contribution in [2.45, 2.75) is 118 Å². The van der Waals surface area contributed by atoms with E-state index in [1.54, 1.807) is 0 Å². The predicted octanol–water partition coefficient (Wildman–Crippen LogP) is 14.2. The van der Waals surface area contributed by atoms with Crippen LogP contribution < -0.4 is 0 Å². The molecule has 16 heteroatoms. The van der Waals surface area contributed by atoms with Crippen molar-refractivity contribution in [2.75, 3.05) is 0 Å². The zero-order valence-electron chi connectivity index (χ0n) is 34.8. The fourth-order valence-corrected chi connectivity index (χ4v) is 28.0. The van der Waals surface area contributed by atoms with Gasteiger partial charge in [-0.1, -0.05) is 149 Å². The summed E-state index contributed by atoms with van der Waals surface area (Å²) in [5.41, 5.74) is -0.858. The Morgan fingerprint density at radius 3 is 0.500 bits per heavy atom. The van der Waals surface area contributed by atoms with Gasteiger partial charge in [0.05, 0.1) is 59.6 Å². The van der Waals surface area contributed by atoms with E-state index in [2.05, 4.69) is 118 Å². The van der Waals surface area contributed by atoms with E-state index in [0.29, 0.717) is 11.1 Å². The van der Waals surface area contributed by atoms with E-state index in [1.165, 1.54) is 10.4 Å². The molecule has 0 unspecified atom stereocenters. The molecule has 0 radical (unpaired) electrons. The molecule has 0 nitrogen and oxygen atoms in total. The first-order valence-electron chi connectivity index (χ1n) is 17.9. The smallest absolute Gasteiger partial charge is 0.200 e. The molecule has 0 fully saturated rings. The summed E-state index contributed by atoms with van der Waals surface area (Å²) < 4.78 is 142. The zero-order chi connectivity index (χ0) is 42.5. The van der Waals surface area contributed by atoms with E-state index < -0.39 is 118 Å². The Morgan fingerprint density at radius 2 is 0.352 bits per heavy atom. The normalized spacial score (nSPS) is 16.2. The second kappa shape index (κ2) is 14.4. The molecule has 0 amide bonds. The highest BCUT2D eigenvalue weighted by molar-refractivity contribution is 7.00. The molecule has 0 aromatic heterocycles. The zero-order valence-corrected chi connectivity index (χ0v) is 40.8. The molecule has 2 aromatic carbocycles. The number of rotatable bonds is 8. The van der Waals surface area contributed by atoms with Gasteiger partial charge in [0.1, 0.15) is 0 Å². The molecule has 0 atom stereocenters. The van der Waals surface area contributed by atoms with Crippen LogP contribution in [-0.4, -0.2) is 48.4 Å². The molecule has 300 valence electrons. The summed E-state index contributed by atoms with van der Waals surface area (Å²) >= 11 is 0. The Kier molecular flexibility index (Phi) is 12.4. The third-order valence-electron chi connectivity index (χ3n) is 9.42. The van der Waals surface area contributed by atoms with E-state index in [1.807, 2.05) is 0 Å².